The van der Waals surface area contributed by atoms with Gasteiger partial charge in [-0.1, -0.05) is 25.1 Å². The second kappa shape index (κ2) is 22.0. The van der Waals surface area contributed by atoms with Crippen LogP contribution in [-0.4, -0.2) is 126 Å². The normalized spacial score (nSPS) is 13.9. The number of rotatable bonds is 20. The molecule has 0 atom stereocenters. The number of H-pyrrole nitrogens is 2. The summed E-state index contributed by atoms with van der Waals surface area (Å²) in [6.45, 7) is -0.231. The standard InChI is InChI=1S/C37H36N10O22S7/c1-2-20-5-3-4-6-25(20)40-36-41-35(42-37(43-36)71(51,52)16-14-69-76(65,66)67)39-23-9-12-27(72(53,54)55)26(19-23)45-47-33-29(74(59,60)61)18-21-17-28(73(56,57)58)32(31(38)30(21)34(33)48)46-44-22-7-10-24(11-8-22)70(49,50)15-13-68-75(62,63)64/h3-12,17-19,48H,2,13-16,38H2,1H3,(H,53,54,55)(H,56,57,58)(H,59,60,61)(H,62,63,64)(H,65,66,67)(H2,39,40,41,42,43). The van der Waals surface area contributed by atoms with Crippen molar-refractivity contribution in [2.75, 3.05) is 30.5 Å². The average molecular weight is 1200 g/mol. The second-order valence-electron chi connectivity index (χ2n) is 15.0. The summed E-state index contributed by atoms with van der Waals surface area (Å²) >= 11 is 0. The molecule has 5 aromatic carbocycles. The van der Waals surface area contributed by atoms with Crippen LogP contribution in [0.5, 0.6) is 5.75 Å². The molecule has 10 N–H and O–H groups in total. The van der Waals surface area contributed by atoms with Crippen LogP contribution < -0.4 is 17.0 Å². The van der Waals surface area contributed by atoms with E-state index in [1.165, 1.54) is 0 Å². The van der Waals surface area contributed by atoms with E-state index < -0.39 is 165 Å². The summed E-state index contributed by atoms with van der Waals surface area (Å²) in [5.41, 5.74) is 1.75. The topological polar surface area (TPSA) is 523 Å². The first-order valence-electron chi connectivity index (χ1n) is 20.3. The van der Waals surface area contributed by atoms with Gasteiger partial charge in [-0.15, -0.1) is 15.3 Å². The SMILES string of the molecule is CCc1ccccc1N=c1[nH]c(S(=O)(=O)CCOS(=O)(=O)O)nc(=Nc2ccc(S(=O)(=O)O)c(N=Nc3c(S(=O)(=O)O)cc4cc(S(=O)(=O)O)c(N=Nc5ccc(S(=O)(=O)CCOS(=O)(=O)O)cc5)c(N)c4c3O)c2)[nH]1. The third-order valence-electron chi connectivity index (χ3n) is 9.78. The first-order valence-corrected chi connectivity index (χ1v) is 30.6. The van der Waals surface area contributed by atoms with E-state index in [4.69, 9.17) is 14.8 Å². The molecule has 0 radical (unpaired) electrons. The number of aromatic amines is 2. The van der Waals surface area contributed by atoms with Crippen LogP contribution in [0.1, 0.15) is 12.5 Å². The number of hydrogen-bond donors (Lipinski definition) is 9. The molecule has 6 rings (SSSR count). The Morgan fingerprint density at radius 3 is 1.68 bits per heavy atom. The maximum atomic E-state index is 13.3. The lowest BCUT2D eigenvalue weighted by atomic mass is 10.1. The second-order valence-corrected chi connectivity index (χ2v) is 25.4. The zero-order valence-electron chi connectivity index (χ0n) is 37.8. The Kier molecular flexibility index (Phi) is 16.9. The van der Waals surface area contributed by atoms with Gasteiger partial charge in [-0.25, -0.2) is 35.2 Å². The lowest BCUT2D eigenvalue weighted by Gasteiger charge is -2.14. The van der Waals surface area contributed by atoms with E-state index in [2.05, 4.69) is 53.8 Å². The van der Waals surface area contributed by atoms with Crippen molar-refractivity contribution in [3.8, 4) is 5.75 Å². The predicted octanol–water partition coefficient (Wildman–Crippen LogP) is 2.96. The molecule has 0 fully saturated rings. The number of nitrogen functional groups attached to an aromatic ring is 1. The van der Waals surface area contributed by atoms with Crippen LogP contribution in [0.3, 0.4) is 0 Å². The maximum Gasteiger partial charge on any atom is 0.397 e. The number of nitrogens with zero attached hydrogens (tertiary/aromatic N) is 7. The van der Waals surface area contributed by atoms with Gasteiger partial charge in [-0.2, -0.15) is 52.2 Å². The lowest BCUT2D eigenvalue weighted by Crippen LogP contribution is -2.31. The molecule has 32 nitrogen and oxygen atoms in total. The lowest BCUT2D eigenvalue weighted by molar-refractivity contribution is 0.282. The van der Waals surface area contributed by atoms with Crippen LogP contribution in [0.4, 0.5) is 39.8 Å². The van der Waals surface area contributed by atoms with E-state index in [1.807, 2.05) is 0 Å². The Morgan fingerprint density at radius 2 is 1.12 bits per heavy atom. The van der Waals surface area contributed by atoms with Crippen LogP contribution >= 0.6 is 0 Å². The quantitative estimate of drug-likeness (QED) is 0.0301. The first-order chi connectivity index (χ1) is 35.1. The number of phenols is 1. The molecule has 0 amide bonds. The van der Waals surface area contributed by atoms with Gasteiger partial charge in [-0.3, -0.25) is 27.7 Å². The number of azo groups is 2. The smallest absolute Gasteiger partial charge is 0.397 e. The predicted molar refractivity (Wildman–Crippen MR) is 259 cm³/mol. The van der Waals surface area contributed by atoms with Crippen molar-refractivity contribution in [3.05, 3.63) is 95.7 Å². The average Bonchev–Trinajstić information content (AvgIpc) is 3.29. The van der Waals surface area contributed by atoms with Crippen molar-refractivity contribution < 1.29 is 95.2 Å². The summed E-state index contributed by atoms with van der Waals surface area (Å²) in [6.07, 6.45) is 0.457. The number of nitrogens with two attached hydrogens (primary N) is 1. The fourth-order valence-corrected chi connectivity index (χ4v) is 11.2. The molecular formula is C37H36N10O22S7. The molecule has 0 aliphatic heterocycles. The molecule has 0 aliphatic carbocycles. The molecule has 0 unspecified atom stereocenters. The van der Waals surface area contributed by atoms with Crippen molar-refractivity contribution in [1.29, 1.82) is 0 Å². The van der Waals surface area contributed by atoms with E-state index in [-0.39, 0.29) is 17.0 Å². The van der Waals surface area contributed by atoms with Crippen LogP contribution in [0, 0.1) is 0 Å². The van der Waals surface area contributed by atoms with Gasteiger partial charge < -0.3 is 15.8 Å². The van der Waals surface area contributed by atoms with Gasteiger partial charge >= 0.3 is 20.8 Å². The van der Waals surface area contributed by atoms with Crippen molar-refractivity contribution >= 4 is 121 Å². The minimum atomic E-state index is -5.55. The minimum Gasteiger partial charge on any atom is -0.505 e. The summed E-state index contributed by atoms with van der Waals surface area (Å²) in [7, 11) is -35.1. The van der Waals surface area contributed by atoms with Gasteiger partial charge in [0.1, 0.15) is 31.7 Å². The summed E-state index contributed by atoms with van der Waals surface area (Å²) in [5.74, 6) is -3.32. The fraction of sp³-hybridized carbons (Fsp3) is 0.162. The molecule has 39 heteroatoms. The number of aromatic nitrogens is 3. The van der Waals surface area contributed by atoms with E-state index in [1.54, 1.807) is 31.2 Å². The van der Waals surface area contributed by atoms with Crippen molar-refractivity contribution in [1.82, 2.24) is 15.0 Å². The van der Waals surface area contributed by atoms with Crippen molar-refractivity contribution in [2.45, 2.75) is 38.1 Å². The zero-order chi connectivity index (χ0) is 56.4. The number of aromatic hydroxyl groups is 1. The van der Waals surface area contributed by atoms with Gasteiger partial charge in [0.2, 0.25) is 26.2 Å². The summed E-state index contributed by atoms with van der Waals surface area (Å²) < 4.78 is 228. The molecule has 0 spiro atoms. The zero-order valence-corrected chi connectivity index (χ0v) is 43.5. The van der Waals surface area contributed by atoms with E-state index in [0.717, 1.165) is 36.4 Å². The Hall–Kier alpha value is -6.86. The van der Waals surface area contributed by atoms with Gasteiger partial charge in [-0.05, 0) is 78.0 Å². The van der Waals surface area contributed by atoms with Crippen LogP contribution in [-0.2, 0) is 85.6 Å². The molecule has 408 valence electrons. The monoisotopic (exact) mass is 1200 g/mol. The van der Waals surface area contributed by atoms with Gasteiger partial charge in [0.25, 0.3) is 30.4 Å². The number of para-hydroxylation sites is 1. The van der Waals surface area contributed by atoms with Crippen LogP contribution in [0.25, 0.3) is 10.8 Å². The highest BCUT2D eigenvalue weighted by Gasteiger charge is 2.29. The van der Waals surface area contributed by atoms with Gasteiger partial charge in [0.05, 0.1) is 57.8 Å². The third-order valence-corrected chi connectivity index (χ3v) is 16.5. The molecule has 1 heterocycles. The van der Waals surface area contributed by atoms with E-state index in [9.17, 15) is 77.7 Å². The molecular weight excluding hydrogens is 1160 g/mol. The fourth-order valence-electron chi connectivity index (χ4n) is 6.43. The number of nitrogens with one attached hydrogen (secondary N) is 2. The number of benzene rings is 5. The number of fused-ring (bicyclic) bond motifs is 1. The molecule has 0 saturated carbocycles. The van der Waals surface area contributed by atoms with Crippen LogP contribution in [0.15, 0.2) is 134 Å². The Balaban J connectivity index is 1.50. The molecule has 6 aromatic rings. The summed E-state index contributed by atoms with van der Waals surface area (Å²) in [6, 6.07) is 14.0. The minimum absolute atomic E-state index is 0.222. The maximum absolute atomic E-state index is 13.3. The third kappa shape index (κ3) is 14.7. The van der Waals surface area contributed by atoms with Crippen LogP contribution in [0.2, 0.25) is 0 Å². The molecule has 1 aromatic heterocycles. The van der Waals surface area contributed by atoms with Crippen molar-refractivity contribution in [2.24, 2.45) is 30.4 Å². The summed E-state index contributed by atoms with van der Waals surface area (Å²) in [4.78, 5) is 13.5. The molecule has 0 bridgehead atoms. The largest absolute Gasteiger partial charge is 0.505 e. The Labute approximate surface area is 429 Å². The number of aryl methyl sites for hydroxylation is 1. The Bertz CT molecular complexity index is 4360. The van der Waals surface area contributed by atoms with Crippen molar-refractivity contribution in [3.63, 3.8) is 0 Å². The highest BCUT2D eigenvalue weighted by Crippen LogP contribution is 2.48. The van der Waals surface area contributed by atoms with Gasteiger partial charge in [0.15, 0.2) is 15.6 Å². The van der Waals surface area contributed by atoms with E-state index >= 15 is 0 Å². The highest BCUT2D eigenvalue weighted by atomic mass is 32.3. The number of sulfone groups is 2. The number of anilines is 1. The molecule has 0 saturated heterocycles. The molecule has 76 heavy (non-hydrogen) atoms. The number of phenolic OH excluding ortho intramolecular Hbond substituents is 1. The first kappa shape index (κ1) is 58.4. The molecule has 0 aliphatic rings. The Morgan fingerprint density at radius 1 is 0.579 bits per heavy atom. The van der Waals surface area contributed by atoms with Gasteiger partial charge in [0, 0.05) is 0 Å². The highest BCUT2D eigenvalue weighted by molar-refractivity contribution is 7.91. The summed E-state index contributed by atoms with van der Waals surface area (Å²) in [5, 5.41) is 24.1. The van der Waals surface area contributed by atoms with E-state index in [0.29, 0.717) is 35.9 Å². The number of hydrogen-bond acceptors (Lipinski definition) is 25.